The number of rotatable bonds is 11. The largest absolute Gasteiger partial charge is 0.396 e. The Balaban J connectivity index is 2.59. The molecule has 0 aliphatic rings. The van der Waals surface area contributed by atoms with Crippen molar-refractivity contribution in [1.29, 1.82) is 0 Å². The average Bonchev–Trinajstić information content (AvgIpc) is 2.91. The van der Waals surface area contributed by atoms with Gasteiger partial charge in [0.15, 0.2) is 0 Å². The molecule has 0 aliphatic heterocycles. The minimum absolute atomic E-state index is 0.0998. The number of urea groups is 1. The highest BCUT2D eigenvalue weighted by molar-refractivity contribution is 7.99. The van der Waals surface area contributed by atoms with Gasteiger partial charge in [0.2, 0.25) is 0 Å². The lowest BCUT2D eigenvalue weighted by Crippen LogP contribution is -2.30. The van der Waals surface area contributed by atoms with Crippen molar-refractivity contribution in [2.45, 2.75) is 44.1 Å². The molecule has 0 aliphatic carbocycles. The zero-order chi connectivity index (χ0) is 17.1. The summed E-state index contributed by atoms with van der Waals surface area (Å²) in [6, 6.07) is -0.406. The van der Waals surface area contributed by atoms with E-state index in [1.807, 2.05) is 0 Å². The summed E-state index contributed by atoms with van der Waals surface area (Å²) in [7, 11) is 0. The third-order valence-electron chi connectivity index (χ3n) is 2.99. The van der Waals surface area contributed by atoms with E-state index >= 15 is 0 Å². The lowest BCUT2D eigenvalue weighted by molar-refractivity contribution is 0.0998. The van der Waals surface area contributed by atoms with Crippen LogP contribution < -0.4 is 16.4 Å². The molecule has 3 amide bonds. The van der Waals surface area contributed by atoms with Crippen LogP contribution in [0.1, 0.15) is 49.4 Å². The maximum absolute atomic E-state index is 11.8. The summed E-state index contributed by atoms with van der Waals surface area (Å²) < 4.78 is 4.23. The number of nitrogens with one attached hydrogen (secondary N) is 2. The average molecular weight is 361 g/mol. The van der Waals surface area contributed by atoms with Crippen molar-refractivity contribution in [3.63, 3.8) is 0 Å². The van der Waals surface area contributed by atoms with Crippen LogP contribution >= 0.6 is 23.3 Å². The van der Waals surface area contributed by atoms with Crippen LogP contribution in [-0.2, 0) is 0 Å². The number of anilines is 1. The van der Waals surface area contributed by atoms with Crippen molar-refractivity contribution in [1.82, 2.24) is 9.69 Å². The molecule has 7 nitrogen and oxygen atoms in total. The van der Waals surface area contributed by atoms with E-state index in [0.29, 0.717) is 29.4 Å². The third-order valence-corrected chi connectivity index (χ3v) is 4.93. The first-order valence-corrected chi connectivity index (χ1v) is 9.44. The number of nitrogens with zero attached hydrogens (tertiary/aromatic N) is 1. The van der Waals surface area contributed by atoms with E-state index in [-0.39, 0.29) is 12.2 Å². The fourth-order valence-electron chi connectivity index (χ4n) is 1.78. The number of carbonyl (C=O) groups excluding carboxylic acids is 2. The molecule has 0 fully saturated rings. The Kier molecular flexibility index (Phi) is 9.65. The van der Waals surface area contributed by atoms with Crippen molar-refractivity contribution >= 4 is 40.2 Å². The number of nitrogens with two attached hydrogens (primary N) is 1. The minimum atomic E-state index is -0.590. The number of primary amides is 1. The quantitative estimate of drug-likeness (QED) is 0.357. The first-order chi connectivity index (χ1) is 11.1. The molecule has 130 valence electrons. The minimum Gasteiger partial charge on any atom is -0.396 e. The van der Waals surface area contributed by atoms with Gasteiger partial charge < -0.3 is 16.2 Å². The van der Waals surface area contributed by atoms with E-state index in [1.54, 1.807) is 0 Å². The monoisotopic (exact) mass is 360 g/mol. The second-order valence-corrected chi connectivity index (χ2v) is 6.78. The molecule has 1 aromatic heterocycles. The van der Waals surface area contributed by atoms with E-state index in [0.717, 1.165) is 36.5 Å². The number of thioether (sulfide) groups is 1. The molecule has 0 saturated heterocycles. The first kappa shape index (κ1) is 19.7. The van der Waals surface area contributed by atoms with Gasteiger partial charge in [0, 0.05) is 13.2 Å². The predicted octanol–water partition coefficient (Wildman–Crippen LogP) is 2.42. The molecule has 0 aromatic carbocycles. The lowest BCUT2D eigenvalue weighted by Gasteiger charge is -2.06. The molecule has 23 heavy (non-hydrogen) atoms. The number of aromatic nitrogens is 1. The van der Waals surface area contributed by atoms with Gasteiger partial charge in [-0.3, -0.25) is 10.1 Å². The molecule has 1 aromatic rings. The smallest absolute Gasteiger partial charge is 0.319 e. The molecule has 0 radical (unpaired) electrons. The first-order valence-electron chi connectivity index (χ1n) is 7.68. The molecular weight excluding hydrogens is 336 g/mol. The lowest BCUT2D eigenvalue weighted by atomic mass is 10.3. The van der Waals surface area contributed by atoms with E-state index < -0.39 is 11.9 Å². The summed E-state index contributed by atoms with van der Waals surface area (Å²) in [5.74, 6) is 0.275. The molecular formula is C14H24N4O3S2. The number of unbranched alkanes of at least 4 members (excludes halogenated alkanes) is 3. The van der Waals surface area contributed by atoms with Crippen molar-refractivity contribution in [2.24, 2.45) is 5.73 Å². The maximum atomic E-state index is 11.8. The molecule has 9 heteroatoms. The Morgan fingerprint density at radius 3 is 2.74 bits per heavy atom. The fourth-order valence-corrected chi connectivity index (χ4v) is 3.75. The van der Waals surface area contributed by atoms with Gasteiger partial charge in [0.25, 0.3) is 5.91 Å². The Hall–Kier alpha value is -1.32. The van der Waals surface area contributed by atoms with Crippen LogP contribution in [0.5, 0.6) is 0 Å². The Morgan fingerprint density at radius 2 is 2.09 bits per heavy atom. The molecule has 0 atom stereocenters. The van der Waals surface area contributed by atoms with E-state index in [2.05, 4.69) is 21.9 Å². The van der Waals surface area contributed by atoms with Crippen LogP contribution in [0, 0.1) is 0 Å². The van der Waals surface area contributed by atoms with Gasteiger partial charge in [-0.2, -0.15) is 4.37 Å². The van der Waals surface area contributed by atoms with E-state index in [4.69, 9.17) is 10.8 Å². The maximum Gasteiger partial charge on any atom is 0.319 e. The number of hydrogen-bond donors (Lipinski definition) is 4. The van der Waals surface area contributed by atoms with Crippen molar-refractivity contribution in [2.75, 3.05) is 24.2 Å². The second kappa shape index (κ2) is 11.3. The number of aliphatic hydroxyl groups is 1. The SMILES string of the molecule is CCCCCSc1nsc(NC(=O)NCCCCO)c1C(N)=O. The van der Waals surface area contributed by atoms with Crippen LogP contribution in [0.3, 0.4) is 0 Å². The van der Waals surface area contributed by atoms with Crippen LogP contribution in [0.15, 0.2) is 5.03 Å². The van der Waals surface area contributed by atoms with Gasteiger partial charge in [-0.15, -0.1) is 11.8 Å². The third kappa shape index (κ3) is 7.19. The Labute approximate surface area is 144 Å². The number of hydrogen-bond acceptors (Lipinski definition) is 6. The predicted molar refractivity (Wildman–Crippen MR) is 94.2 cm³/mol. The van der Waals surface area contributed by atoms with Crippen LogP contribution in [0.25, 0.3) is 0 Å². The summed E-state index contributed by atoms with van der Waals surface area (Å²) in [5, 5.41) is 14.9. The van der Waals surface area contributed by atoms with Crippen LogP contribution in [0.2, 0.25) is 0 Å². The van der Waals surface area contributed by atoms with Gasteiger partial charge in [-0.05, 0) is 36.5 Å². The topological polar surface area (TPSA) is 117 Å². The Bertz CT molecular complexity index is 508. The standard InChI is InChI=1S/C14H24N4O3S2/c1-2-3-6-9-22-13-10(11(15)20)12(23-18-13)17-14(21)16-7-4-5-8-19/h19H,2-9H2,1H3,(H2,15,20)(H2,16,17,21). The molecule has 0 bridgehead atoms. The number of carbonyl (C=O) groups is 2. The van der Waals surface area contributed by atoms with Crippen molar-refractivity contribution in [3.8, 4) is 0 Å². The highest BCUT2D eigenvalue weighted by Gasteiger charge is 2.20. The fraction of sp³-hybridized carbons (Fsp3) is 0.643. The molecule has 1 rings (SSSR count). The van der Waals surface area contributed by atoms with Crippen molar-refractivity contribution in [3.05, 3.63) is 5.56 Å². The zero-order valence-electron chi connectivity index (χ0n) is 13.3. The Morgan fingerprint density at radius 1 is 1.30 bits per heavy atom. The van der Waals surface area contributed by atoms with Gasteiger partial charge in [0.1, 0.15) is 15.6 Å². The zero-order valence-corrected chi connectivity index (χ0v) is 14.9. The number of aliphatic hydroxyl groups excluding tert-OH is 1. The molecule has 0 unspecified atom stereocenters. The second-order valence-electron chi connectivity index (χ2n) is 4.92. The van der Waals surface area contributed by atoms with Gasteiger partial charge >= 0.3 is 6.03 Å². The van der Waals surface area contributed by atoms with Crippen LogP contribution in [0.4, 0.5) is 9.80 Å². The van der Waals surface area contributed by atoms with E-state index in [1.165, 1.54) is 11.8 Å². The van der Waals surface area contributed by atoms with Crippen LogP contribution in [-0.4, -0.2) is 40.3 Å². The summed E-state index contributed by atoms with van der Waals surface area (Å²) in [6.45, 7) is 2.68. The summed E-state index contributed by atoms with van der Waals surface area (Å²) in [4.78, 5) is 23.4. The highest BCUT2D eigenvalue weighted by atomic mass is 32.2. The van der Waals surface area contributed by atoms with Gasteiger partial charge in [0.05, 0.1) is 0 Å². The summed E-state index contributed by atoms with van der Waals surface area (Å²) in [6.07, 6.45) is 4.62. The van der Waals surface area contributed by atoms with Crippen molar-refractivity contribution < 1.29 is 14.7 Å². The highest BCUT2D eigenvalue weighted by Crippen LogP contribution is 2.32. The number of amides is 3. The summed E-state index contributed by atoms with van der Waals surface area (Å²) >= 11 is 2.54. The normalized spacial score (nSPS) is 10.5. The summed E-state index contributed by atoms with van der Waals surface area (Å²) in [5.41, 5.74) is 5.70. The molecule has 0 saturated carbocycles. The molecule has 1 heterocycles. The van der Waals surface area contributed by atoms with Gasteiger partial charge in [-0.1, -0.05) is 19.8 Å². The van der Waals surface area contributed by atoms with E-state index in [9.17, 15) is 9.59 Å². The van der Waals surface area contributed by atoms with Gasteiger partial charge in [-0.25, -0.2) is 4.79 Å². The molecule has 0 spiro atoms. The molecule has 5 N–H and O–H groups in total.